The lowest BCUT2D eigenvalue weighted by Gasteiger charge is -2.39. The van der Waals surface area contributed by atoms with E-state index in [4.69, 9.17) is 0 Å². The molecule has 1 aliphatic rings. The Morgan fingerprint density at radius 3 is 1.30 bits per heavy atom. The van der Waals surface area contributed by atoms with Crippen LogP contribution in [0.15, 0.2) is 60.7 Å². The molecule has 26 heteroatoms. The number of likely N-dealkylation sites (tertiary alicyclic amines) is 1. The summed E-state index contributed by atoms with van der Waals surface area (Å²) >= 11 is 0. The number of likely N-dealkylation sites (N-methyl/N-ethyl adjacent to an activating group) is 7. The molecule has 3 rings (SSSR count). The van der Waals surface area contributed by atoms with Crippen LogP contribution >= 0.6 is 0 Å². The third-order valence-corrected chi connectivity index (χ3v) is 18.8. The van der Waals surface area contributed by atoms with Crippen molar-refractivity contribution in [2.45, 2.75) is 213 Å². The van der Waals surface area contributed by atoms with Gasteiger partial charge in [-0.2, -0.15) is 0 Å². The second-order valence-electron chi connectivity index (χ2n) is 27.9. The third kappa shape index (κ3) is 24.2. The zero-order valence-electron chi connectivity index (χ0n) is 61.7. The Kier molecular flexibility index (Phi) is 34.5. The van der Waals surface area contributed by atoms with Crippen LogP contribution in [0.1, 0.15) is 145 Å². The predicted octanol–water partition coefficient (Wildman–Crippen LogP) is 3.42. The predicted molar refractivity (Wildman–Crippen MR) is 374 cm³/mol. The van der Waals surface area contributed by atoms with Crippen molar-refractivity contribution in [2.75, 3.05) is 76.0 Å². The smallest absolute Gasteiger partial charge is 0.305 e. The maximum Gasteiger partial charge on any atom is 0.305 e. The summed E-state index contributed by atoms with van der Waals surface area (Å²) in [4.78, 5) is 182. The number of carboxylic acids is 1. The number of carbonyl (C=O) groups is 12. The van der Waals surface area contributed by atoms with E-state index < -0.39 is 138 Å². The molecule has 0 spiro atoms. The number of rotatable bonds is 38. The number of carbonyl (C=O) groups excluding carboxylic acids is 11. The van der Waals surface area contributed by atoms with E-state index >= 15 is 14.4 Å². The summed E-state index contributed by atoms with van der Waals surface area (Å²) in [5.41, 5.74) is 1.27. The first-order valence-electron chi connectivity index (χ1n) is 34.6. The van der Waals surface area contributed by atoms with Gasteiger partial charge in [0.15, 0.2) is 0 Å². The van der Waals surface area contributed by atoms with E-state index in [1.165, 1.54) is 99.5 Å². The van der Waals surface area contributed by atoms with Crippen molar-refractivity contribution in [1.82, 2.24) is 60.5 Å². The van der Waals surface area contributed by atoms with Crippen LogP contribution in [0.3, 0.4) is 0 Å². The van der Waals surface area contributed by atoms with Gasteiger partial charge in [0.05, 0.1) is 12.5 Å². The molecule has 1 saturated heterocycles. The zero-order chi connectivity index (χ0) is 74.2. The van der Waals surface area contributed by atoms with Crippen LogP contribution < -0.4 is 21.3 Å². The highest BCUT2D eigenvalue weighted by atomic mass is 16.4. The molecule has 11 amide bonds. The summed E-state index contributed by atoms with van der Waals surface area (Å²) in [5, 5.41) is 32.4. The van der Waals surface area contributed by atoms with Crippen molar-refractivity contribution in [3.8, 4) is 0 Å². The van der Waals surface area contributed by atoms with Crippen LogP contribution in [-0.2, 0) is 70.4 Å². The fourth-order valence-corrected chi connectivity index (χ4v) is 12.1. The van der Waals surface area contributed by atoms with Crippen LogP contribution in [-0.4, -0.2) is 263 Å². The number of nitrogens with zero attached hydrogens (tertiary/aromatic N) is 8. The number of piperidine rings is 1. The van der Waals surface area contributed by atoms with Crippen LogP contribution in [0.4, 0.5) is 0 Å². The topological polar surface area (TPSA) is 319 Å². The number of benzene rings is 2. The minimum atomic E-state index is -1.70. The number of aliphatic carboxylic acids is 1. The SMILES string of the molecule is CC[C@H](C)[C@H](NC(=O)CCNC)C(=O)N(C)[C@@H](CC(C)C)C(=O)N(C)[C@@H](C)C(=O)N(C)[C@@H](CC(C)C)C(=O)N[C@H](C(=O)N(C)[C@@H](Cc1ccccc1)C(=O)N(C)[C@@H](C)C(=O)N(C)[C@@H](CC(C)C)C(=O)N(C)C(Cc1ccccc1)C(=O)N[C@@H](CC(=O)O)C(=O)N1CCCCC1)[C@@H](C)O. The van der Waals surface area contributed by atoms with Crippen molar-refractivity contribution < 1.29 is 67.7 Å². The molecular weight excluding hydrogens is 1260 g/mol. The fourth-order valence-electron chi connectivity index (χ4n) is 12.1. The van der Waals surface area contributed by atoms with Gasteiger partial charge in [-0.05, 0) is 101 Å². The minimum Gasteiger partial charge on any atom is -0.481 e. The Balaban J connectivity index is 1.99. The number of nitrogens with one attached hydrogen (secondary N) is 4. The van der Waals surface area contributed by atoms with Gasteiger partial charge in [0.25, 0.3) is 0 Å². The molecule has 98 heavy (non-hydrogen) atoms. The zero-order valence-corrected chi connectivity index (χ0v) is 61.7. The van der Waals surface area contributed by atoms with Gasteiger partial charge in [-0.3, -0.25) is 57.5 Å². The first-order valence-corrected chi connectivity index (χ1v) is 34.6. The highest BCUT2D eigenvalue weighted by Gasteiger charge is 2.44. The van der Waals surface area contributed by atoms with E-state index in [0.717, 1.165) is 29.1 Å². The van der Waals surface area contributed by atoms with Gasteiger partial charge in [0.2, 0.25) is 65.0 Å². The average molecular weight is 1370 g/mol. The number of aliphatic hydroxyl groups excluding tert-OH is 1. The molecule has 12 atom stereocenters. The van der Waals surface area contributed by atoms with Crippen molar-refractivity contribution >= 4 is 70.9 Å². The van der Waals surface area contributed by atoms with Crippen molar-refractivity contribution in [3.63, 3.8) is 0 Å². The van der Waals surface area contributed by atoms with Gasteiger partial charge in [-0.1, -0.05) is 122 Å². The highest BCUT2D eigenvalue weighted by Crippen LogP contribution is 2.24. The molecule has 2 aromatic carbocycles. The summed E-state index contributed by atoms with van der Waals surface area (Å²) in [6, 6.07) is 4.84. The van der Waals surface area contributed by atoms with Gasteiger partial charge in [0.1, 0.15) is 60.4 Å². The number of carboxylic acid groups (broad SMARTS) is 1. The Hall–Kier alpha value is -8.00. The average Bonchev–Trinajstić information content (AvgIpc) is 0.815. The molecule has 0 aromatic heterocycles. The van der Waals surface area contributed by atoms with E-state index in [9.17, 15) is 53.4 Å². The molecule has 2 aromatic rings. The van der Waals surface area contributed by atoms with Gasteiger partial charge in [-0.25, -0.2) is 0 Å². The molecular formula is C72H116N12O14. The van der Waals surface area contributed by atoms with E-state index in [1.807, 2.05) is 55.4 Å². The second-order valence-corrected chi connectivity index (χ2v) is 27.9. The van der Waals surface area contributed by atoms with E-state index in [1.54, 1.807) is 67.7 Å². The molecule has 0 bridgehead atoms. The van der Waals surface area contributed by atoms with Crippen molar-refractivity contribution in [2.24, 2.45) is 23.7 Å². The van der Waals surface area contributed by atoms with E-state index in [0.29, 0.717) is 37.2 Å². The Labute approximate surface area is 581 Å². The Morgan fingerprint density at radius 1 is 0.469 bits per heavy atom. The highest BCUT2D eigenvalue weighted by molar-refractivity contribution is 5.99. The van der Waals surface area contributed by atoms with Crippen molar-refractivity contribution in [1.29, 1.82) is 0 Å². The lowest BCUT2D eigenvalue weighted by Crippen LogP contribution is -2.62. The molecule has 0 radical (unpaired) electrons. The first kappa shape index (κ1) is 84.2. The van der Waals surface area contributed by atoms with E-state index in [-0.39, 0.29) is 68.1 Å². The summed E-state index contributed by atoms with van der Waals surface area (Å²) < 4.78 is 0. The molecule has 1 unspecified atom stereocenters. The van der Waals surface area contributed by atoms with Crippen LogP contribution in [0.5, 0.6) is 0 Å². The Bertz CT molecular complexity index is 2980. The molecule has 1 fully saturated rings. The summed E-state index contributed by atoms with van der Waals surface area (Å²) in [6.07, 6.45) is 1.04. The minimum absolute atomic E-state index is 0.0388. The summed E-state index contributed by atoms with van der Waals surface area (Å²) in [5.74, 6) is -9.16. The molecule has 0 aliphatic carbocycles. The Morgan fingerprint density at radius 2 is 0.857 bits per heavy atom. The summed E-state index contributed by atoms with van der Waals surface area (Å²) in [6.45, 7) is 20.4. The number of hydrogen-bond acceptors (Lipinski definition) is 14. The lowest BCUT2D eigenvalue weighted by atomic mass is 9.95. The molecule has 1 heterocycles. The number of aliphatic hydroxyl groups is 1. The van der Waals surface area contributed by atoms with E-state index in [2.05, 4.69) is 21.3 Å². The normalized spacial score (nSPS) is 16.1. The largest absolute Gasteiger partial charge is 0.481 e. The van der Waals surface area contributed by atoms with Gasteiger partial charge in [-0.15, -0.1) is 0 Å². The maximum atomic E-state index is 15.2. The maximum absolute atomic E-state index is 15.2. The lowest BCUT2D eigenvalue weighted by molar-refractivity contribution is -0.155. The number of hydrogen-bond donors (Lipinski definition) is 6. The molecule has 0 saturated carbocycles. The van der Waals surface area contributed by atoms with Crippen LogP contribution in [0.25, 0.3) is 0 Å². The quantitative estimate of drug-likeness (QED) is 0.0561. The van der Waals surface area contributed by atoms with Crippen LogP contribution in [0, 0.1) is 23.7 Å². The number of amides is 11. The summed E-state index contributed by atoms with van der Waals surface area (Å²) in [7, 11) is 11.6. The molecule has 6 N–H and O–H groups in total. The van der Waals surface area contributed by atoms with Gasteiger partial charge in [0, 0.05) is 88.2 Å². The second kappa shape index (κ2) is 40.2. The molecule has 1 aliphatic heterocycles. The van der Waals surface area contributed by atoms with Crippen molar-refractivity contribution in [3.05, 3.63) is 71.8 Å². The monoisotopic (exact) mass is 1370 g/mol. The first-order chi connectivity index (χ1) is 45.9. The fraction of sp³-hybridized carbons (Fsp3) is 0.667. The van der Waals surface area contributed by atoms with Crippen LogP contribution in [0.2, 0.25) is 0 Å². The standard InChI is InChI=1S/C72H116N12O14/c1-20-47(8)61(75-59(86)34-35-73-12)71(97)82(18)56(39-45(4)5)68(94)77(13)48(9)65(91)79(15)54(38-44(2)3)64(90)76-62(50(11)85)72(98)83(19)58(42-52-32-26-22-27-33-52)69(95)78(14)49(10)66(92)81(17)57(40-46(6)7)70(96)80(16)55(41-51-30-24-21-25-31-51)63(89)74-53(43-60(87)88)67(93)84-36-28-23-29-37-84/h21-22,24-27,30-33,44-50,53-58,61-62,73,85H,20,23,28-29,34-43H2,1-19H3,(H,74,89)(H,75,86)(H,76,90)(H,87,88)/t47-,48-,49-,50+,53-,54-,55?,56-,57-,58-,61-,62-/m0/s1. The molecule has 548 valence electrons. The molecule has 26 nitrogen and oxygen atoms in total. The third-order valence-electron chi connectivity index (χ3n) is 18.8. The van der Waals surface area contributed by atoms with Gasteiger partial charge >= 0.3 is 5.97 Å². The van der Waals surface area contributed by atoms with Gasteiger partial charge < -0.3 is 70.7 Å².